The Morgan fingerprint density at radius 1 is 0.667 bits per heavy atom. The third-order valence-corrected chi connectivity index (χ3v) is 9.39. The summed E-state index contributed by atoms with van der Waals surface area (Å²) in [6.07, 6.45) is 13.9. The van der Waals surface area contributed by atoms with E-state index in [1.54, 1.807) is 0 Å². The number of aromatic amines is 2. The Balaban J connectivity index is 1.55. The molecule has 0 atom stereocenters. The molecule has 1 aliphatic rings. The lowest BCUT2D eigenvalue weighted by Crippen LogP contribution is -2.09. The first-order valence-electron chi connectivity index (χ1n) is 19.2. The van der Waals surface area contributed by atoms with Crippen molar-refractivity contribution in [2.24, 2.45) is 0 Å². The van der Waals surface area contributed by atoms with E-state index in [0.29, 0.717) is 61.7 Å². The van der Waals surface area contributed by atoms with Crippen molar-refractivity contribution in [2.45, 2.75) is 91.9 Å². The molecule has 6 nitrogen and oxygen atoms in total. The Morgan fingerprint density at radius 3 is 1.63 bits per heavy atom. The predicted molar refractivity (Wildman–Crippen MR) is 213 cm³/mol. The molecule has 0 unspecified atom stereocenters. The van der Waals surface area contributed by atoms with Crippen LogP contribution in [0, 0.1) is 23.7 Å². The summed E-state index contributed by atoms with van der Waals surface area (Å²) in [6.45, 7) is 9.12. The number of hydrogen-bond acceptors (Lipinski definition) is 4. The Hall–Kier alpha value is -5.41. The number of fused-ring (bicyclic) bond motifs is 8. The number of nitrogens with one attached hydrogen (secondary N) is 2. The topological polar surface area (TPSA) is 76.3 Å². The Labute approximate surface area is 319 Å². The average molecular weight is 731 g/mol. The Bertz CT molecular complexity index is 2090. The third-order valence-electron chi connectivity index (χ3n) is 9.39. The Kier molecular flexibility index (Phi) is 14.9. The molecule has 2 aromatic heterocycles. The summed E-state index contributed by atoms with van der Waals surface area (Å²) >= 11 is 0. The van der Waals surface area contributed by atoms with Gasteiger partial charge in [0, 0.05) is 17.2 Å². The highest BCUT2D eigenvalue weighted by atomic mass is 19.2. The van der Waals surface area contributed by atoms with Gasteiger partial charge in [-0.25, -0.2) is 8.63 Å². The summed E-state index contributed by atoms with van der Waals surface area (Å²) < 4.78 is 45.1. The first kappa shape index (κ1) is 39.8. The third kappa shape index (κ3) is 10.6. The zero-order valence-corrected chi connectivity index (χ0v) is 31.8. The molecule has 4 aromatic rings. The minimum Gasteiger partial charge on any atom is -0.503 e. The lowest BCUT2D eigenvalue weighted by atomic mass is 10.00. The highest BCUT2D eigenvalue weighted by Gasteiger charge is 2.27. The van der Waals surface area contributed by atoms with E-state index in [9.17, 15) is 13.4 Å². The van der Waals surface area contributed by atoms with Crippen LogP contribution in [-0.4, -0.2) is 36.4 Å². The zero-order valence-electron chi connectivity index (χ0n) is 31.8. The van der Waals surface area contributed by atoms with Gasteiger partial charge in [0.25, 0.3) is 0 Å². The number of ketones is 1. The van der Waals surface area contributed by atoms with Gasteiger partial charge in [0.1, 0.15) is 17.3 Å². The molecule has 1 aliphatic heterocycles. The van der Waals surface area contributed by atoms with Gasteiger partial charge in [-0.05, 0) is 135 Å². The van der Waals surface area contributed by atoms with Crippen molar-refractivity contribution in [1.29, 1.82) is 0 Å². The van der Waals surface area contributed by atoms with E-state index in [1.165, 1.54) is 0 Å². The summed E-state index contributed by atoms with van der Waals surface area (Å²) in [5, 5.41) is 0. The van der Waals surface area contributed by atoms with Crippen molar-refractivity contribution in [3.05, 3.63) is 123 Å². The lowest BCUT2D eigenvalue weighted by Gasteiger charge is -2.10. The number of rotatable bonds is 6. The maximum absolute atomic E-state index is 14.0. The number of halogens is 2. The molecule has 2 aromatic carbocycles. The lowest BCUT2D eigenvalue weighted by molar-refractivity contribution is 0.104. The Morgan fingerprint density at radius 2 is 1.15 bits per heavy atom. The molecular weight excluding hydrogens is 681 g/mol. The van der Waals surface area contributed by atoms with Crippen LogP contribution in [-0.2, 0) is 30.3 Å². The van der Waals surface area contributed by atoms with Gasteiger partial charge in [0.05, 0.1) is 36.0 Å². The van der Waals surface area contributed by atoms with Crippen molar-refractivity contribution >= 4 is 19.0 Å². The molecular formula is C45H49BF2N2O4. The molecule has 3 heterocycles. The highest BCUT2D eigenvalue weighted by molar-refractivity contribution is 6.36. The molecule has 0 aliphatic carbocycles. The fraction of sp³-hybridized carbons (Fsp3) is 0.356. The van der Waals surface area contributed by atoms with Gasteiger partial charge in [0.15, 0.2) is 0 Å². The fourth-order valence-corrected chi connectivity index (χ4v) is 6.74. The van der Waals surface area contributed by atoms with Crippen molar-refractivity contribution in [1.82, 2.24) is 9.97 Å². The first-order chi connectivity index (χ1) is 26.3. The fourth-order valence-electron chi connectivity index (χ4n) is 6.74. The smallest absolute Gasteiger partial charge is 0.503 e. The SMILES string of the molecule is CCc1c2[nH]c(c1CC)C(=O)/C=C(/OB(F)F)c1[nH]c(c(CC)c1CC)C#Cc1cccc(c1)OCCCC/C=C\CCCCOc1cccc(c1)C#C2. The number of ether oxygens (including phenoxy) is 2. The van der Waals surface area contributed by atoms with E-state index in [2.05, 4.69) is 45.8 Å². The van der Waals surface area contributed by atoms with E-state index in [4.69, 9.17) is 14.1 Å². The molecule has 0 saturated carbocycles. The van der Waals surface area contributed by atoms with Crippen LogP contribution in [0.2, 0.25) is 0 Å². The monoisotopic (exact) mass is 730 g/mol. The van der Waals surface area contributed by atoms with E-state index < -0.39 is 13.3 Å². The summed E-state index contributed by atoms with van der Waals surface area (Å²) in [6, 6.07) is 15.3. The summed E-state index contributed by atoms with van der Waals surface area (Å²) in [7, 11) is -3.15. The minimum atomic E-state index is -3.15. The van der Waals surface area contributed by atoms with Crippen LogP contribution in [0.25, 0.3) is 5.76 Å². The maximum atomic E-state index is 14.0. The standard InChI is InChI=1S/C45H49BF2N2O4/c1-5-36-38(7-3)44-42(51)31-43(54-46(47)48)45-39(8-4)37(6-2)41(50-45)26-24-33-20-18-22-35(30-33)53-28-16-14-12-10-9-11-13-15-27-52-34-21-17-19-32(29-34)23-25-40(36)49-44/h9-10,17-22,29-31,49-50H,5-8,11-16,27-28H2,1-4H3/b10-9-,43-31+. The average Bonchev–Trinajstić information content (AvgIpc) is 3.73. The molecule has 54 heavy (non-hydrogen) atoms. The molecule has 0 saturated heterocycles. The molecule has 0 radical (unpaired) electrons. The van der Waals surface area contributed by atoms with Crippen LogP contribution >= 0.6 is 0 Å². The molecule has 8 bridgehead atoms. The summed E-state index contributed by atoms with van der Waals surface area (Å²) in [5.74, 6) is 13.7. The van der Waals surface area contributed by atoms with Crippen LogP contribution in [0.3, 0.4) is 0 Å². The number of aromatic nitrogens is 2. The van der Waals surface area contributed by atoms with Crippen LogP contribution < -0.4 is 9.47 Å². The van der Waals surface area contributed by atoms with E-state index in [0.717, 1.165) is 89.5 Å². The quantitative estimate of drug-likeness (QED) is 0.118. The largest absolute Gasteiger partial charge is 0.796 e. The van der Waals surface area contributed by atoms with Gasteiger partial charge in [-0.3, -0.25) is 4.79 Å². The molecule has 0 fully saturated rings. The number of carbonyl (C=O) groups is 1. The molecule has 5 rings (SSSR count). The normalized spacial score (nSPS) is 15.7. The number of allylic oxidation sites excluding steroid dienone is 3. The van der Waals surface area contributed by atoms with E-state index >= 15 is 0 Å². The van der Waals surface area contributed by atoms with Crippen LogP contribution in [0.15, 0.2) is 66.8 Å². The van der Waals surface area contributed by atoms with Gasteiger partial charge in [-0.15, -0.1) is 0 Å². The summed E-state index contributed by atoms with van der Waals surface area (Å²) in [5.41, 5.74) is 6.74. The first-order valence-corrected chi connectivity index (χ1v) is 19.2. The van der Waals surface area contributed by atoms with Gasteiger partial charge < -0.3 is 24.1 Å². The number of benzene rings is 2. The molecule has 280 valence electrons. The molecule has 9 heteroatoms. The molecule has 2 N–H and O–H groups in total. The number of hydrogen-bond donors (Lipinski definition) is 2. The van der Waals surface area contributed by atoms with E-state index in [-0.39, 0.29) is 5.76 Å². The van der Waals surface area contributed by atoms with Crippen LogP contribution in [0.5, 0.6) is 11.5 Å². The van der Waals surface area contributed by atoms with Crippen LogP contribution in [0.1, 0.15) is 127 Å². The van der Waals surface area contributed by atoms with E-state index in [1.807, 2.05) is 76.2 Å². The zero-order chi connectivity index (χ0) is 38.3. The van der Waals surface area contributed by atoms with Crippen molar-refractivity contribution in [2.75, 3.05) is 13.2 Å². The molecule has 0 amide bonds. The second-order valence-electron chi connectivity index (χ2n) is 13.0. The predicted octanol–water partition coefficient (Wildman–Crippen LogP) is 10.2. The number of carbonyl (C=O) groups excluding carboxylic acids is 1. The van der Waals surface area contributed by atoms with Crippen LogP contribution in [0.4, 0.5) is 8.63 Å². The highest BCUT2D eigenvalue weighted by Crippen LogP contribution is 2.30. The number of H-pyrrole nitrogens is 2. The maximum Gasteiger partial charge on any atom is 0.796 e. The van der Waals surface area contributed by atoms with Crippen molar-refractivity contribution in [3.8, 4) is 35.2 Å². The van der Waals surface area contributed by atoms with Crippen molar-refractivity contribution in [3.63, 3.8) is 0 Å². The van der Waals surface area contributed by atoms with Gasteiger partial charge in [0.2, 0.25) is 5.78 Å². The van der Waals surface area contributed by atoms with Gasteiger partial charge in [-0.1, -0.05) is 63.8 Å². The second kappa shape index (κ2) is 20.2. The molecule has 0 spiro atoms. The minimum absolute atomic E-state index is 0.241. The summed E-state index contributed by atoms with van der Waals surface area (Å²) in [4.78, 5) is 20.5. The van der Waals surface area contributed by atoms with Crippen molar-refractivity contribution < 1.29 is 27.6 Å². The second-order valence-corrected chi connectivity index (χ2v) is 13.0. The van der Waals surface area contributed by atoms with Gasteiger partial charge >= 0.3 is 7.47 Å². The van der Waals surface area contributed by atoms with Gasteiger partial charge in [-0.2, -0.15) is 0 Å².